The predicted molar refractivity (Wildman–Crippen MR) is 114 cm³/mol. The zero-order valence-corrected chi connectivity index (χ0v) is 18.0. The Morgan fingerprint density at radius 3 is 2.40 bits per heavy atom. The number of hydrogen-bond donors (Lipinski definition) is 0. The highest BCUT2D eigenvalue weighted by Crippen LogP contribution is 2.22. The normalized spacial score (nSPS) is 16.7. The lowest BCUT2D eigenvalue weighted by atomic mass is 10.0. The van der Waals surface area contributed by atoms with Crippen molar-refractivity contribution in [2.45, 2.75) is 24.7 Å². The standard InChI is InChI=1S/C22H26N2O5S/c1-17-7-6-14-24(15-17)21(25)16-29-22(26)18-10-12-20(13-11-18)30(27,28)23(2)19-8-4-3-5-9-19/h3-5,8-13,17H,6-7,14-16H2,1-2H3. The van der Waals surface area contributed by atoms with Crippen molar-refractivity contribution in [1.29, 1.82) is 0 Å². The highest BCUT2D eigenvalue weighted by molar-refractivity contribution is 7.92. The zero-order valence-electron chi connectivity index (χ0n) is 17.2. The maximum absolute atomic E-state index is 12.8. The van der Waals surface area contributed by atoms with Gasteiger partial charge in [-0.1, -0.05) is 25.1 Å². The summed E-state index contributed by atoms with van der Waals surface area (Å²) in [7, 11) is -2.29. The molecule has 0 aromatic heterocycles. The Kier molecular flexibility index (Phi) is 6.77. The molecule has 1 atom stereocenters. The van der Waals surface area contributed by atoms with Gasteiger partial charge >= 0.3 is 5.97 Å². The average Bonchev–Trinajstić information content (AvgIpc) is 2.77. The first kappa shape index (κ1) is 21.8. The molecule has 2 aromatic carbocycles. The number of carbonyl (C=O) groups excluding carboxylic acids is 2. The predicted octanol–water partition coefficient (Wildman–Crippen LogP) is 2.93. The van der Waals surface area contributed by atoms with Crippen LogP contribution in [0.15, 0.2) is 59.5 Å². The summed E-state index contributed by atoms with van der Waals surface area (Å²) in [6, 6.07) is 14.2. The third-order valence-electron chi connectivity index (χ3n) is 5.20. The molecule has 0 spiro atoms. The number of anilines is 1. The van der Waals surface area contributed by atoms with Gasteiger partial charge in [0, 0.05) is 20.1 Å². The Hall–Kier alpha value is -2.87. The van der Waals surface area contributed by atoms with Crippen LogP contribution in [0, 0.1) is 5.92 Å². The molecule has 0 radical (unpaired) electrons. The van der Waals surface area contributed by atoms with E-state index in [1.54, 1.807) is 35.2 Å². The van der Waals surface area contributed by atoms with Gasteiger partial charge in [0.1, 0.15) is 0 Å². The number of nitrogens with zero attached hydrogens (tertiary/aromatic N) is 2. The fourth-order valence-electron chi connectivity index (χ4n) is 3.42. The molecule has 1 heterocycles. The van der Waals surface area contributed by atoms with Gasteiger partial charge in [-0.05, 0) is 55.2 Å². The Morgan fingerprint density at radius 2 is 1.77 bits per heavy atom. The van der Waals surface area contributed by atoms with Crippen LogP contribution in [0.25, 0.3) is 0 Å². The maximum Gasteiger partial charge on any atom is 0.338 e. The van der Waals surface area contributed by atoms with Crippen LogP contribution in [-0.2, 0) is 19.6 Å². The molecule has 1 unspecified atom stereocenters. The van der Waals surface area contributed by atoms with Crippen molar-refractivity contribution >= 4 is 27.6 Å². The van der Waals surface area contributed by atoms with E-state index in [1.807, 2.05) is 0 Å². The molecule has 0 aliphatic carbocycles. The number of ether oxygens (including phenoxy) is 1. The van der Waals surface area contributed by atoms with Crippen molar-refractivity contribution in [2.75, 3.05) is 31.0 Å². The summed E-state index contributed by atoms with van der Waals surface area (Å²) in [5.41, 5.74) is 0.725. The largest absolute Gasteiger partial charge is 0.452 e. The van der Waals surface area contributed by atoms with E-state index in [0.29, 0.717) is 24.7 Å². The second-order valence-corrected chi connectivity index (χ2v) is 9.47. The summed E-state index contributed by atoms with van der Waals surface area (Å²) in [5, 5.41) is 0. The van der Waals surface area contributed by atoms with Crippen LogP contribution < -0.4 is 4.31 Å². The summed E-state index contributed by atoms with van der Waals surface area (Å²) in [5.74, 6) is -0.422. The molecular formula is C22H26N2O5S. The van der Waals surface area contributed by atoms with Crippen molar-refractivity contribution < 1.29 is 22.7 Å². The summed E-state index contributed by atoms with van der Waals surface area (Å²) in [6.07, 6.45) is 2.05. The molecule has 2 aromatic rings. The number of rotatable bonds is 6. The molecule has 1 amide bonds. The Balaban J connectivity index is 1.62. The fourth-order valence-corrected chi connectivity index (χ4v) is 4.61. The molecule has 0 bridgehead atoms. The van der Waals surface area contributed by atoms with E-state index in [0.717, 1.165) is 12.8 Å². The van der Waals surface area contributed by atoms with E-state index in [9.17, 15) is 18.0 Å². The van der Waals surface area contributed by atoms with Crippen molar-refractivity contribution in [2.24, 2.45) is 5.92 Å². The Bertz CT molecular complexity index is 990. The topological polar surface area (TPSA) is 84.0 Å². The summed E-state index contributed by atoms with van der Waals surface area (Å²) in [6.45, 7) is 3.14. The van der Waals surface area contributed by atoms with Crippen LogP contribution in [0.1, 0.15) is 30.1 Å². The summed E-state index contributed by atoms with van der Waals surface area (Å²) < 4.78 is 31.9. The van der Waals surface area contributed by atoms with E-state index < -0.39 is 16.0 Å². The molecule has 1 fully saturated rings. The van der Waals surface area contributed by atoms with Gasteiger partial charge in [0.05, 0.1) is 16.1 Å². The first-order valence-corrected chi connectivity index (χ1v) is 11.3. The van der Waals surface area contributed by atoms with Gasteiger partial charge in [0.25, 0.3) is 15.9 Å². The zero-order chi connectivity index (χ0) is 21.7. The lowest BCUT2D eigenvalue weighted by Gasteiger charge is -2.30. The molecule has 0 N–H and O–H groups in total. The van der Waals surface area contributed by atoms with Crippen LogP contribution in [0.5, 0.6) is 0 Å². The number of benzene rings is 2. The number of piperidine rings is 1. The van der Waals surface area contributed by atoms with Crippen LogP contribution in [0.4, 0.5) is 5.69 Å². The van der Waals surface area contributed by atoms with Gasteiger partial charge in [0.2, 0.25) is 0 Å². The van der Waals surface area contributed by atoms with Crippen LogP contribution >= 0.6 is 0 Å². The minimum atomic E-state index is -3.76. The van der Waals surface area contributed by atoms with Gasteiger partial charge in [-0.3, -0.25) is 9.10 Å². The van der Waals surface area contributed by atoms with Gasteiger partial charge in [-0.2, -0.15) is 0 Å². The molecule has 3 rings (SSSR count). The van der Waals surface area contributed by atoms with Gasteiger partial charge < -0.3 is 9.64 Å². The molecule has 1 aliphatic rings. The van der Waals surface area contributed by atoms with E-state index in [-0.39, 0.29) is 23.0 Å². The highest BCUT2D eigenvalue weighted by Gasteiger charge is 2.23. The van der Waals surface area contributed by atoms with Crippen LogP contribution in [0.2, 0.25) is 0 Å². The van der Waals surface area contributed by atoms with Crippen molar-refractivity contribution in [3.8, 4) is 0 Å². The molecule has 7 nitrogen and oxygen atoms in total. The van der Waals surface area contributed by atoms with Crippen molar-refractivity contribution in [1.82, 2.24) is 4.90 Å². The average molecular weight is 431 g/mol. The quantitative estimate of drug-likeness (QED) is 0.658. The van der Waals surface area contributed by atoms with Crippen LogP contribution in [0.3, 0.4) is 0 Å². The third-order valence-corrected chi connectivity index (χ3v) is 7.00. The highest BCUT2D eigenvalue weighted by atomic mass is 32.2. The Morgan fingerprint density at radius 1 is 1.10 bits per heavy atom. The minimum Gasteiger partial charge on any atom is -0.452 e. The minimum absolute atomic E-state index is 0.0591. The fraction of sp³-hybridized carbons (Fsp3) is 0.364. The van der Waals surface area contributed by atoms with Crippen LogP contribution in [-0.4, -0.2) is 51.9 Å². The first-order chi connectivity index (χ1) is 14.3. The lowest BCUT2D eigenvalue weighted by molar-refractivity contribution is -0.136. The van der Waals surface area contributed by atoms with E-state index in [1.165, 1.54) is 35.6 Å². The number of amides is 1. The van der Waals surface area contributed by atoms with E-state index >= 15 is 0 Å². The second kappa shape index (κ2) is 9.30. The molecule has 0 saturated carbocycles. The number of likely N-dealkylation sites (tertiary alicyclic amines) is 1. The molecule has 160 valence electrons. The monoisotopic (exact) mass is 430 g/mol. The second-order valence-electron chi connectivity index (χ2n) is 7.50. The maximum atomic E-state index is 12.8. The summed E-state index contributed by atoms with van der Waals surface area (Å²) in [4.78, 5) is 26.3. The SMILES string of the molecule is CC1CCCN(C(=O)COC(=O)c2ccc(S(=O)(=O)N(C)c3ccccc3)cc2)C1. The molecule has 30 heavy (non-hydrogen) atoms. The van der Waals surface area contributed by atoms with Gasteiger partial charge in [-0.25, -0.2) is 13.2 Å². The van der Waals surface area contributed by atoms with E-state index in [2.05, 4.69) is 6.92 Å². The number of hydrogen-bond acceptors (Lipinski definition) is 5. The molecule has 1 aliphatic heterocycles. The van der Waals surface area contributed by atoms with Gasteiger partial charge in [0.15, 0.2) is 6.61 Å². The first-order valence-electron chi connectivity index (χ1n) is 9.88. The summed E-state index contributed by atoms with van der Waals surface area (Å²) >= 11 is 0. The van der Waals surface area contributed by atoms with Crippen molar-refractivity contribution in [3.63, 3.8) is 0 Å². The molecule has 1 saturated heterocycles. The van der Waals surface area contributed by atoms with Gasteiger partial charge in [-0.15, -0.1) is 0 Å². The lowest BCUT2D eigenvalue weighted by Crippen LogP contribution is -2.41. The smallest absolute Gasteiger partial charge is 0.338 e. The van der Waals surface area contributed by atoms with E-state index in [4.69, 9.17) is 4.74 Å². The molecule has 8 heteroatoms. The number of carbonyl (C=O) groups is 2. The number of para-hydroxylation sites is 1. The Labute approximate surface area is 177 Å². The number of sulfonamides is 1. The molecular weight excluding hydrogens is 404 g/mol. The third kappa shape index (κ3) is 4.99. The number of esters is 1. The van der Waals surface area contributed by atoms with Crippen molar-refractivity contribution in [3.05, 3.63) is 60.2 Å².